The van der Waals surface area contributed by atoms with Gasteiger partial charge in [-0.25, -0.2) is 22.8 Å². The van der Waals surface area contributed by atoms with Crippen LogP contribution in [0.2, 0.25) is 0 Å². The number of fused-ring (bicyclic) bond motifs is 7. The fourth-order valence-corrected chi connectivity index (χ4v) is 9.41. The molecule has 3 fully saturated rings. The minimum Gasteiger partial charge on any atom is -0.477 e. The Balaban J connectivity index is 0.874. The van der Waals surface area contributed by atoms with Gasteiger partial charge >= 0.3 is 0 Å². The van der Waals surface area contributed by atoms with Gasteiger partial charge in [-0.05, 0) is 81.0 Å². The van der Waals surface area contributed by atoms with Gasteiger partial charge in [-0.3, -0.25) is 39.7 Å². The predicted molar refractivity (Wildman–Crippen MR) is 227 cm³/mol. The molecule has 15 nitrogen and oxygen atoms in total. The third kappa shape index (κ3) is 8.11. The highest BCUT2D eigenvalue weighted by atomic mass is 19.1. The number of carbonyl (C=O) groups excluding carboxylic acids is 4. The van der Waals surface area contributed by atoms with E-state index in [9.17, 15) is 19.2 Å². The second-order valence-electron chi connectivity index (χ2n) is 17.3. The molecule has 2 aromatic carbocycles. The van der Waals surface area contributed by atoms with Crippen molar-refractivity contribution in [2.24, 2.45) is 13.0 Å². The Morgan fingerprint density at radius 1 is 0.952 bits per heavy atom. The maximum Gasteiger partial charge on any atom is 0.258 e. The summed E-state index contributed by atoms with van der Waals surface area (Å²) in [5, 5.41) is 9.54. The molecule has 2 N–H and O–H groups in total. The Labute approximate surface area is 361 Å². The largest absolute Gasteiger partial charge is 0.477 e. The van der Waals surface area contributed by atoms with E-state index in [2.05, 4.69) is 27.6 Å². The summed E-state index contributed by atoms with van der Waals surface area (Å²) < 4.78 is 56.3. The summed E-state index contributed by atoms with van der Waals surface area (Å²) in [6, 6.07) is 10.3. The molecule has 18 heteroatoms. The number of hydrogen-bond acceptors (Lipinski definition) is 10. The van der Waals surface area contributed by atoms with Crippen molar-refractivity contribution < 1.29 is 37.1 Å². The quantitative estimate of drug-likeness (QED) is 0.220. The fourth-order valence-electron chi connectivity index (χ4n) is 9.41. The average Bonchev–Trinajstić information content (AvgIpc) is 3.76. The van der Waals surface area contributed by atoms with Gasteiger partial charge < -0.3 is 19.1 Å². The predicted octanol–water partition coefficient (Wildman–Crippen LogP) is 5.37. The minimum atomic E-state index is -1.34. The van der Waals surface area contributed by atoms with Crippen molar-refractivity contribution in [1.82, 2.24) is 39.4 Å². The number of nitrogens with one attached hydrogen (secondary N) is 2. The number of alkyl halides is 1. The van der Waals surface area contributed by atoms with Crippen molar-refractivity contribution in [1.29, 1.82) is 0 Å². The van der Waals surface area contributed by atoms with Crippen LogP contribution in [0.25, 0.3) is 22.3 Å². The van der Waals surface area contributed by atoms with E-state index in [1.54, 1.807) is 60.2 Å². The van der Waals surface area contributed by atoms with E-state index in [0.29, 0.717) is 95.8 Å². The normalized spacial score (nSPS) is 22.5. The Bertz CT molecular complexity index is 2620. The molecule has 3 aromatic heterocycles. The number of ether oxygens (including phenoxy) is 1. The number of imidazole rings is 1. The summed E-state index contributed by atoms with van der Waals surface area (Å²) in [7, 11) is 3.42. The van der Waals surface area contributed by atoms with Crippen LogP contribution < -0.4 is 20.3 Å². The number of imide groups is 1. The molecule has 63 heavy (non-hydrogen) atoms. The second kappa shape index (κ2) is 16.8. The number of aromatic nitrogens is 5. The zero-order valence-corrected chi connectivity index (χ0v) is 35.5. The van der Waals surface area contributed by atoms with Gasteiger partial charge in [0.1, 0.15) is 17.8 Å². The molecule has 0 radical (unpaired) electrons. The van der Waals surface area contributed by atoms with Gasteiger partial charge in [0.15, 0.2) is 0 Å². The zero-order chi connectivity index (χ0) is 44.3. The number of benzene rings is 2. The molecule has 4 aliphatic heterocycles. The number of amides is 4. The van der Waals surface area contributed by atoms with Crippen LogP contribution in [-0.4, -0.2) is 116 Å². The highest BCUT2D eigenvalue weighted by Gasteiger charge is 2.41. The van der Waals surface area contributed by atoms with Crippen LogP contribution >= 0.6 is 0 Å². The third-order valence-corrected chi connectivity index (χ3v) is 12.9. The van der Waals surface area contributed by atoms with Crippen molar-refractivity contribution in [3.05, 3.63) is 82.7 Å². The summed E-state index contributed by atoms with van der Waals surface area (Å²) in [6.07, 6.45) is 2.33. The standard InChI is InChI=1S/C45H49F3N10O5/c1-24-6-5-13-63-44-31(19-49-55(44)4)36-15-27(14-25(2)50-36)41(60)53-45-51-35-9-7-26(16-38(35)58(45)20-24)43(62)54(3)37-11-12-56(23-34(37)48)29-21-57(22-29)28-17-32(46)40(33(47)18-28)30-8-10-39(59)52-42(30)61/h7,9,14-19,24,29-30,34,37H,5-6,8,10-13,20-23H2,1-4H3,(H,51,53,60)(H,52,59,61)/t24-,30-,34-,37-/m1/s1. The molecule has 4 amide bonds. The second-order valence-corrected chi connectivity index (χ2v) is 17.3. The van der Waals surface area contributed by atoms with Gasteiger partial charge in [-0.1, -0.05) is 6.92 Å². The molecular weight excluding hydrogens is 818 g/mol. The van der Waals surface area contributed by atoms with Gasteiger partial charge in [-0.2, -0.15) is 5.10 Å². The monoisotopic (exact) mass is 866 g/mol. The molecule has 330 valence electrons. The van der Waals surface area contributed by atoms with Crippen molar-refractivity contribution in [3.63, 3.8) is 0 Å². The van der Waals surface area contributed by atoms with E-state index in [4.69, 9.17) is 9.72 Å². The van der Waals surface area contributed by atoms with E-state index in [-0.39, 0.29) is 48.7 Å². The first-order valence-electron chi connectivity index (χ1n) is 21.4. The summed E-state index contributed by atoms with van der Waals surface area (Å²) in [5.41, 5.74) is 3.88. The molecule has 0 unspecified atom stereocenters. The van der Waals surface area contributed by atoms with E-state index in [1.807, 2.05) is 16.4 Å². The van der Waals surface area contributed by atoms with Gasteiger partial charge in [0.2, 0.25) is 23.6 Å². The van der Waals surface area contributed by atoms with Gasteiger partial charge in [-0.15, -0.1) is 0 Å². The van der Waals surface area contributed by atoms with Crippen molar-refractivity contribution in [2.45, 2.75) is 76.7 Å². The molecule has 4 atom stereocenters. The summed E-state index contributed by atoms with van der Waals surface area (Å²) in [4.78, 5) is 66.5. The number of rotatable bonds is 5. The Morgan fingerprint density at radius 2 is 1.73 bits per heavy atom. The van der Waals surface area contributed by atoms with E-state index in [1.165, 1.54) is 17.0 Å². The highest BCUT2D eigenvalue weighted by Crippen LogP contribution is 2.36. The molecule has 0 aliphatic carbocycles. The van der Waals surface area contributed by atoms with Crippen molar-refractivity contribution in [3.8, 4) is 17.1 Å². The number of anilines is 2. The topological polar surface area (TPSA) is 160 Å². The number of likely N-dealkylation sites (tertiary alicyclic amines) is 1. The smallest absolute Gasteiger partial charge is 0.258 e. The van der Waals surface area contributed by atoms with Crippen LogP contribution in [0.5, 0.6) is 5.88 Å². The van der Waals surface area contributed by atoms with E-state index in [0.717, 1.165) is 12.8 Å². The van der Waals surface area contributed by atoms with Crippen molar-refractivity contribution >= 4 is 46.3 Å². The first-order chi connectivity index (χ1) is 30.2. The van der Waals surface area contributed by atoms with E-state index >= 15 is 13.2 Å². The average molecular weight is 867 g/mol. The van der Waals surface area contributed by atoms with Crippen molar-refractivity contribution in [2.75, 3.05) is 50.1 Å². The Morgan fingerprint density at radius 3 is 2.48 bits per heavy atom. The number of carbonyl (C=O) groups is 4. The molecule has 5 aromatic rings. The van der Waals surface area contributed by atoms with Gasteiger partial charge in [0, 0.05) is 87.4 Å². The molecular formula is C45H49F3N10O5. The lowest BCUT2D eigenvalue weighted by atomic mass is 9.89. The first kappa shape index (κ1) is 42.0. The molecule has 7 heterocycles. The number of halogens is 3. The van der Waals surface area contributed by atoms with Crippen LogP contribution in [0.3, 0.4) is 0 Å². The maximum absolute atomic E-state index is 16.1. The lowest BCUT2D eigenvalue weighted by Crippen LogP contribution is -2.64. The number of aryl methyl sites for hydroxylation is 2. The summed E-state index contributed by atoms with van der Waals surface area (Å²) >= 11 is 0. The minimum absolute atomic E-state index is 0.00703. The molecule has 9 rings (SSSR count). The van der Waals surface area contributed by atoms with Crippen LogP contribution in [-0.2, 0) is 23.2 Å². The van der Waals surface area contributed by atoms with Crippen LogP contribution in [0.15, 0.2) is 48.7 Å². The van der Waals surface area contributed by atoms with Crippen LogP contribution in [0, 0.1) is 24.5 Å². The maximum atomic E-state index is 16.1. The van der Waals surface area contributed by atoms with Gasteiger partial charge in [0.05, 0.1) is 47.1 Å². The summed E-state index contributed by atoms with van der Waals surface area (Å²) in [5.74, 6) is -3.61. The molecule has 0 saturated carbocycles. The molecule has 2 bridgehead atoms. The van der Waals surface area contributed by atoms with E-state index < -0.39 is 41.6 Å². The Hall–Kier alpha value is -6.30. The lowest BCUT2D eigenvalue weighted by molar-refractivity contribution is -0.134. The summed E-state index contributed by atoms with van der Waals surface area (Å²) in [6.45, 7) is 6.37. The Kier molecular flexibility index (Phi) is 11.2. The fraction of sp³-hybridized carbons (Fsp3) is 0.444. The van der Waals surface area contributed by atoms with Gasteiger partial charge in [0.25, 0.3) is 11.8 Å². The number of pyridine rings is 1. The SMILES string of the molecule is Cc1cc2cc(n1)-c1cnn(C)c1OCCC[C@@H](C)Cn1c(nc3ccc(C(=O)N(C)[C@@H]4CCN(C5CN(c6cc(F)c([C@H]7CCC(=O)NC7=O)c(F)c6)C5)C[C@H]4F)cc31)NC2=O. The van der Waals surface area contributed by atoms with Crippen LogP contribution in [0.1, 0.15) is 76.9 Å². The molecule has 0 spiro atoms. The number of nitrogens with zero attached hydrogens (tertiary/aromatic N) is 8. The number of hydrogen-bond donors (Lipinski definition) is 2. The highest BCUT2D eigenvalue weighted by molar-refractivity contribution is 6.05. The third-order valence-electron chi connectivity index (χ3n) is 12.9. The lowest BCUT2D eigenvalue weighted by Gasteiger charge is -2.50. The zero-order valence-electron chi connectivity index (χ0n) is 35.5. The van der Waals surface area contributed by atoms with Crippen LogP contribution in [0.4, 0.5) is 24.8 Å². The molecule has 3 saturated heterocycles. The first-order valence-corrected chi connectivity index (χ1v) is 21.4. The molecule has 4 aliphatic rings. The number of piperidine rings is 2.